The third-order valence-corrected chi connectivity index (χ3v) is 4.01. The second-order valence-electron chi connectivity index (χ2n) is 5.92. The van der Waals surface area contributed by atoms with E-state index in [0.717, 1.165) is 11.4 Å². The maximum absolute atomic E-state index is 12.4. The second-order valence-corrected chi connectivity index (χ2v) is 5.92. The fourth-order valence-electron chi connectivity index (χ4n) is 2.65. The maximum atomic E-state index is 12.4. The highest BCUT2D eigenvalue weighted by atomic mass is 16.6. The molecule has 0 fully saturated rings. The van der Waals surface area contributed by atoms with Gasteiger partial charge in [-0.2, -0.15) is 0 Å². The molecule has 3 aromatic rings. The van der Waals surface area contributed by atoms with Gasteiger partial charge < -0.3 is 14.6 Å². The van der Waals surface area contributed by atoms with E-state index < -0.39 is 4.92 Å². The Morgan fingerprint density at radius 1 is 1.30 bits per heavy atom. The van der Waals surface area contributed by atoms with Crippen LogP contribution in [0.15, 0.2) is 55.0 Å². The van der Waals surface area contributed by atoms with Crippen LogP contribution in [0.4, 0.5) is 5.69 Å². The van der Waals surface area contributed by atoms with E-state index in [1.807, 2.05) is 17.7 Å². The first-order valence-corrected chi connectivity index (χ1v) is 8.18. The van der Waals surface area contributed by atoms with Gasteiger partial charge in [-0.25, -0.2) is 4.98 Å². The standard InChI is InChI=1S/C19H18N4O4/c1-13-11-22(12-21-13)17-7-6-15(9-18(17)27-2)19(24)20-10-14-4-3-5-16(8-14)23(25)26/h3-9,11-12H,10H2,1-2H3,(H,20,24). The summed E-state index contributed by atoms with van der Waals surface area (Å²) in [7, 11) is 1.54. The molecule has 1 aromatic heterocycles. The van der Waals surface area contributed by atoms with Crippen LogP contribution in [0.3, 0.4) is 0 Å². The van der Waals surface area contributed by atoms with Crippen LogP contribution < -0.4 is 10.1 Å². The van der Waals surface area contributed by atoms with Crippen LogP contribution in [0.25, 0.3) is 5.69 Å². The van der Waals surface area contributed by atoms with Crippen LogP contribution in [-0.4, -0.2) is 27.5 Å². The number of imidazole rings is 1. The number of nitro groups is 1. The Hall–Kier alpha value is -3.68. The Morgan fingerprint density at radius 3 is 2.78 bits per heavy atom. The summed E-state index contributed by atoms with van der Waals surface area (Å²) in [6.07, 6.45) is 3.54. The first kappa shape index (κ1) is 18.1. The van der Waals surface area contributed by atoms with E-state index in [-0.39, 0.29) is 18.1 Å². The SMILES string of the molecule is COc1cc(C(=O)NCc2cccc([N+](=O)[O-])c2)ccc1-n1cnc(C)c1. The van der Waals surface area contributed by atoms with Crippen molar-refractivity contribution in [3.63, 3.8) is 0 Å². The molecule has 27 heavy (non-hydrogen) atoms. The van der Waals surface area contributed by atoms with Crippen molar-refractivity contribution in [2.75, 3.05) is 7.11 Å². The summed E-state index contributed by atoms with van der Waals surface area (Å²) in [6, 6.07) is 11.3. The number of aromatic nitrogens is 2. The predicted molar refractivity (Wildman–Crippen MR) is 99.1 cm³/mol. The molecule has 8 nitrogen and oxygen atoms in total. The lowest BCUT2D eigenvalue weighted by Gasteiger charge is -2.11. The number of amides is 1. The van der Waals surface area contributed by atoms with Crippen LogP contribution in [0, 0.1) is 17.0 Å². The molecule has 0 bridgehead atoms. The molecule has 0 saturated carbocycles. The van der Waals surface area contributed by atoms with Crippen molar-refractivity contribution >= 4 is 11.6 Å². The maximum Gasteiger partial charge on any atom is 0.269 e. The number of ether oxygens (including phenoxy) is 1. The molecule has 1 heterocycles. The van der Waals surface area contributed by atoms with Crippen molar-refractivity contribution in [3.8, 4) is 11.4 Å². The third kappa shape index (κ3) is 4.12. The Labute approximate surface area is 155 Å². The first-order valence-electron chi connectivity index (χ1n) is 8.18. The number of carbonyl (C=O) groups is 1. The summed E-state index contributed by atoms with van der Waals surface area (Å²) < 4.78 is 7.22. The Balaban J connectivity index is 1.75. The van der Waals surface area contributed by atoms with Gasteiger partial charge in [0.05, 0.1) is 29.7 Å². The van der Waals surface area contributed by atoms with Crippen LogP contribution in [0.2, 0.25) is 0 Å². The van der Waals surface area contributed by atoms with E-state index in [1.165, 1.54) is 19.2 Å². The molecule has 0 spiro atoms. The minimum absolute atomic E-state index is 0.0107. The van der Waals surface area contributed by atoms with E-state index in [2.05, 4.69) is 10.3 Å². The van der Waals surface area contributed by atoms with E-state index in [9.17, 15) is 14.9 Å². The van der Waals surface area contributed by atoms with Crippen molar-refractivity contribution in [3.05, 3.63) is 81.9 Å². The largest absolute Gasteiger partial charge is 0.495 e. The van der Waals surface area contributed by atoms with Crippen LogP contribution in [-0.2, 0) is 6.54 Å². The Bertz CT molecular complexity index is 997. The number of rotatable bonds is 6. The molecular formula is C19H18N4O4. The van der Waals surface area contributed by atoms with Crippen molar-refractivity contribution in [2.24, 2.45) is 0 Å². The van der Waals surface area contributed by atoms with Gasteiger partial charge in [-0.3, -0.25) is 14.9 Å². The number of nitrogens with zero attached hydrogens (tertiary/aromatic N) is 3. The van der Waals surface area contributed by atoms with Gasteiger partial charge in [-0.15, -0.1) is 0 Å². The van der Waals surface area contributed by atoms with E-state index in [1.54, 1.807) is 36.7 Å². The summed E-state index contributed by atoms with van der Waals surface area (Å²) in [6.45, 7) is 2.07. The highest BCUT2D eigenvalue weighted by Crippen LogP contribution is 2.24. The average Bonchev–Trinajstić information content (AvgIpc) is 3.11. The number of non-ortho nitro benzene ring substituents is 1. The van der Waals surface area contributed by atoms with E-state index in [0.29, 0.717) is 16.9 Å². The van der Waals surface area contributed by atoms with Gasteiger partial charge in [0, 0.05) is 30.4 Å². The molecule has 2 aromatic carbocycles. The van der Waals surface area contributed by atoms with Crippen molar-refractivity contribution < 1.29 is 14.5 Å². The van der Waals surface area contributed by atoms with Gasteiger partial charge in [0.2, 0.25) is 0 Å². The number of methoxy groups -OCH3 is 1. The molecule has 8 heteroatoms. The predicted octanol–water partition coefficient (Wildman–Crippen LogP) is 3.03. The number of nitrogens with one attached hydrogen (secondary N) is 1. The molecular weight excluding hydrogens is 348 g/mol. The molecule has 3 rings (SSSR count). The zero-order valence-electron chi connectivity index (χ0n) is 14.9. The van der Waals surface area contributed by atoms with Crippen LogP contribution >= 0.6 is 0 Å². The Morgan fingerprint density at radius 2 is 2.11 bits per heavy atom. The van der Waals surface area contributed by atoms with Gasteiger partial charge in [-0.1, -0.05) is 12.1 Å². The van der Waals surface area contributed by atoms with E-state index in [4.69, 9.17) is 4.74 Å². The van der Waals surface area contributed by atoms with Crippen molar-refractivity contribution in [2.45, 2.75) is 13.5 Å². The van der Waals surface area contributed by atoms with Gasteiger partial charge in [0.1, 0.15) is 5.75 Å². The molecule has 1 amide bonds. The van der Waals surface area contributed by atoms with Gasteiger partial charge in [0.25, 0.3) is 11.6 Å². The lowest BCUT2D eigenvalue weighted by Crippen LogP contribution is -2.22. The lowest BCUT2D eigenvalue weighted by atomic mass is 10.1. The minimum atomic E-state index is -0.466. The van der Waals surface area contributed by atoms with Crippen molar-refractivity contribution in [1.82, 2.24) is 14.9 Å². The first-order chi connectivity index (χ1) is 13.0. The molecule has 138 valence electrons. The Kier molecular flexibility index (Phi) is 5.16. The fraction of sp³-hybridized carbons (Fsp3) is 0.158. The number of aryl methyl sites for hydroxylation is 1. The monoisotopic (exact) mass is 366 g/mol. The van der Waals surface area contributed by atoms with Crippen LogP contribution in [0.1, 0.15) is 21.6 Å². The summed E-state index contributed by atoms with van der Waals surface area (Å²) in [5.41, 5.74) is 2.71. The third-order valence-electron chi connectivity index (χ3n) is 4.01. The summed E-state index contributed by atoms with van der Waals surface area (Å²) >= 11 is 0. The number of carbonyl (C=O) groups excluding carboxylic acids is 1. The smallest absolute Gasteiger partial charge is 0.269 e. The highest BCUT2D eigenvalue weighted by molar-refractivity contribution is 5.95. The minimum Gasteiger partial charge on any atom is -0.495 e. The topological polar surface area (TPSA) is 99.3 Å². The van der Waals surface area contributed by atoms with Crippen LogP contribution in [0.5, 0.6) is 5.75 Å². The number of hydrogen-bond donors (Lipinski definition) is 1. The molecule has 0 unspecified atom stereocenters. The molecule has 1 N–H and O–H groups in total. The van der Waals surface area contributed by atoms with Gasteiger partial charge in [-0.05, 0) is 30.7 Å². The van der Waals surface area contributed by atoms with Gasteiger partial charge >= 0.3 is 0 Å². The highest BCUT2D eigenvalue weighted by Gasteiger charge is 2.12. The normalized spacial score (nSPS) is 10.4. The van der Waals surface area contributed by atoms with E-state index >= 15 is 0 Å². The number of benzene rings is 2. The molecule has 0 aliphatic heterocycles. The zero-order chi connectivity index (χ0) is 19.4. The van der Waals surface area contributed by atoms with Gasteiger partial charge in [0.15, 0.2) is 0 Å². The summed E-state index contributed by atoms with van der Waals surface area (Å²) in [5, 5.41) is 13.6. The molecule has 0 radical (unpaired) electrons. The molecule has 0 atom stereocenters. The fourth-order valence-corrected chi connectivity index (χ4v) is 2.65. The summed E-state index contributed by atoms with van der Waals surface area (Å²) in [5.74, 6) is 0.239. The molecule has 0 saturated heterocycles. The number of hydrogen-bond acceptors (Lipinski definition) is 5. The summed E-state index contributed by atoms with van der Waals surface area (Å²) in [4.78, 5) is 27.0. The van der Waals surface area contributed by atoms with Crippen molar-refractivity contribution in [1.29, 1.82) is 0 Å². The zero-order valence-corrected chi connectivity index (χ0v) is 14.9. The number of nitro benzene ring substituents is 1. The second kappa shape index (κ2) is 7.69. The quantitative estimate of drug-likeness (QED) is 0.534. The average molecular weight is 366 g/mol. The molecule has 0 aliphatic rings. The molecule has 0 aliphatic carbocycles. The lowest BCUT2D eigenvalue weighted by molar-refractivity contribution is -0.384.